The molecule has 0 saturated carbocycles. The Balaban J connectivity index is 1.56. The van der Waals surface area contributed by atoms with Crippen molar-refractivity contribution in [3.63, 3.8) is 0 Å². The molecular formula is C23H20ClFN2O3S2. The number of nitrogens with one attached hydrogen (secondary N) is 1. The van der Waals surface area contributed by atoms with Crippen LogP contribution < -0.4 is 10.1 Å². The van der Waals surface area contributed by atoms with Crippen molar-refractivity contribution in [3.05, 3.63) is 51.9 Å². The summed E-state index contributed by atoms with van der Waals surface area (Å²) >= 11 is 8.96. The van der Waals surface area contributed by atoms with E-state index in [-0.39, 0.29) is 30.0 Å². The molecule has 2 saturated heterocycles. The summed E-state index contributed by atoms with van der Waals surface area (Å²) in [5, 5.41) is 4.39. The van der Waals surface area contributed by atoms with Crippen LogP contribution in [0.3, 0.4) is 0 Å². The average Bonchev–Trinajstić information content (AvgIpc) is 3.44. The Bertz CT molecular complexity index is 1220. The molecule has 5 nitrogen and oxygen atoms in total. The number of benzene rings is 2. The standard InChI is InChI=1S/C23H20ClFN2O3S2/c1-12-5-14(24)7-17(21(12)30-19-9-26-8-18(19)25)16-4-2-3-13-6-15(32-22(13)16)10-27-20(28)11-31-23(27)29/h2-7,18-19,26H,8-11H2,1H3/t18-,19+/m0/s1. The van der Waals surface area contributed by atoms with Crippen LogP contribution in [0.5, 0.6) is 5.75 Å². The van der Waals surface area contributed by atoms with Gasteiger partial charge in [0, 0.05) is 38.8 Å². The summed E-state index contributed by atoms with van der Waals surface area (Å²) < 4.78 is 21.4. The van der Waals surface area contributed by atoms with E-state index >= 15 is 0 Å². The van der Waals surface area contributed by atoms with Crippen LogP contribution in [0, 0.1) is 6.92 Å². The molecule has 2 amide bonds. The number of halogens is 2. The second kappa shape index (κ2) is 8.67. The lowest BCUT2D eigenvalue weighted by Gasteiger charge is -2.20. The summed E-state index contributed by atoms with van der Waals surface area (Å²) in [6.45, 7) is 2.90. The number of carbonyl (C=O) groups excluding carboxylic acids is 2. The van der Waals surface area contributed by atoms with Crippen LogP contribution in [0.2, 0.25) is 5.02 Å². The van der Waals surface area contributed by atoms with Crippen LogP contribution in [0.4, 0.5) is 9.18 Å². The van der Waals surface area contributed by atoms with Crippen molar-refractivity contribution >= 4 is 55.9 Å². The maximum absolute atomic E-state index is 14.3. The van der Waals surface area contributed by atoms with Gasteiger partial charge in [0.15, 0.2) is 6.17 Å². The Morgan fingerprint density at radius 1 is 1.22 bits per heavy atom. The second-order valence-electron chi connectivity index (χ2n) is 7.90. The monoisotopic (exact) mass is 490 g/mol. The molecule has 2 atom stereocenters. The van der Waals surface area contributed by atoms with Crippen LogP contribution >= 0.6 is 34.7 Å². The summed E-state index contributed by atoms with van der Waals surface area (Å²) in [5.41, 5.74) is 2.57. The van der Waals surface area contributed by atoms with Gasteiger partial charge in [0.2, 0.25) is 5.91 Å². The van der Waals surface area contributed by atoms with E-state index in [1.165, 1.54) is 16.2 Å². The van der Waals surface area contributed by atoms with E-state index < -0.39 is 12.3 Å². The molecule has 0 aliphatic carbocycles. The molecule has 2 fully saturated rings. The molecule has 0 bridgehead atoms. The number of rotatable bonds is 5. The lowest BCUT2D eigenvalue weighted by molar-refractivity contribution is -0.124. The number of thioether (sulfide) groups is 1. The van der Waals surface area contributed by atoms with Gasteiger partial charge in [-0.1, -0.05) is 41.6 Å². The van der Waals surface area contributed by atoms with Crippen molar-refractivity contribution in [1.29, 1.82) is 0 Å². The highest BCUT2D eigenvalue weighted by Crippen LogP contribution is 2.43. The molecular weight excluding hydrogens is 471 g/mol. The predicted octanol–water partition coefficient (Wildman–Crippen LogP) is 5.41. The minimum Gasteiger partial charge on any atom is -0.485 e. The predicted molar refractivity (Wildman–Crippen MR) is 128 cm³/mol. The zero-order chi connectivity index (χ0) is 22.4. The molecule has 166 valence electrons. The molecule has 2 aliphatic rings. The van der Waals surface area contributed by atoms with Crippen LogP contribution in [0.15, 0.2) is 36.4 Å². The Morgan fingerprint density at radius 3 is 2.78 bits per heavy atom. The number of alkyl halides is 1. The molecule has 2 aliphatic heterocycles. The van der Waals surface area contributed by atoms with Gasteiger partial charge in [-0.25, -0.2) is 4.39 Å². The third kappa shape index (κ3) is 4.01. The molecule has 9 heteroatoms. The van der Waals surface area contributed by atoms with E-state index in [4.69, 9.17) is 16.3 Å². The molecule has 32 heavy (non-hydrogen) atoms. The van der Waals surface area contributed by atoms with Gasteiger partial charge < -0.3 is 10.1 Å². The maximum Gasteiger partial charge on any atom is 0.289 e. The van der Waals surface area contributed by atoms with Gasteiger partial charge >= 0.3 is 0 Å². The Hall–Kier alpha value is -2.13. The van der Waals surface area contributed by atoms with Crippen molar-refractivity contribution in [1.82, 2.24) is 10.2 Å². The number of aryl methyl sites for hydroxylation is 1. The molecule has 2 aromatic carbocycles. The third-order valence-electron chi connectivity index (χ3n) is 5.64. The van der Waals surface area contributed by atoms with Gasteiger partial charge in [-0.05, 0) is 36.1 Å². The molecule has 0 spiro atoms. The van der Waals surface area contributed by atoms with Crippen molar-refractivity contribution < 1.29 is 18.7 Å². The number of fused-ring (bicyclic) bond motifs is 1. The molecule has 0 radical (unpaired) electrons. The first-order chi connectivity index (χ1) is 15.4. The fraction of sp³-hybridized carbons (Fsp3) is 0.304. The summed E-state index contributed by atoms with van der Waals surface area (Å²) in [6, 6.07) is 11.6. The first kappa shape index (κ1) is 21.7. The Morgan fingerprint density at radius 2 is 2.06 bits per heavy atom. The van der Waals surface area contributed by atoms with Gasteiger partial charge in [-0.3, -0.25) is 14.5 Å². The number of thiophene rings is 1. The Kier molecular flexibility index (Phi) is 5.88. The largest absolute Gasteiger partial charge is 0.485 e. The van der Waals surface area contributed by atoms with Crippen LogP contribution in [0.25, 0.3) is 21.2 Å². The SMILES string of the molecule is Cc1cc(Cl)cc(-c2cccc3cc(CN4C(=O)CSC4=O)sc23)c1O[C@@H]1CNC[C@@H]1F. The summed E-state index contributed by atoms with van der Waals surface area (Å²) in [5.74, 6) is 0.655. The molecule has 5 rings (SSSR count). The lowest BCUT2D eigenvalue weighted by atomic mass is 10.0. The second-order valence-corrected chi connectivity index (χ2v) is 10.4. The van der Waals surface area contributed by atoms with E-state index in [1.54, 1.807) is 0 Å². The van der Waals surface area contributed by atoms with Gasteiger partial charge in [0.05, 0.1) is 12.3 Å². The van der Waals surface area contributed by atoms with Crippen molar-refractivity contribution in [2.75, 3.05) is 18.8 Å². The van der Waals surface area contributed by atoms with Crippen molar-refractivity contribution in [2.45, 2.75) is 25.7 Å². The quantitative estimate of drug-likeness (QED) is 0.518. The van der Waals surface area contributed by atoms with Gasteiger partial charge in [0.25, 0.3) is 5.24 Å². The van der Waals surface area contributed by atoms with Crippen molar-refractivity contribution in [2.24, 2.45) is 0 Å². The summed E-state index contributed by atoms with van der Waals surface area (Å²) in [7, 11) is 0. The van der Waals surface area contributed by atoms with Gasteiger partial charge in [0.1, 0.15) is 11.9 Å². The highest BCUT2D eigenvalue weighted by Gasteiger charge is 2.31. The normalized spacial score (nSPS) is 21.2. The fourth-order valence-electron chi connectivity index (χ4n) is 4.07. The lowest BCUT2D eigenvalue weighted by Crippen LogP contribution is -2.27. The number of hydrogen-bond donors (Lipinski definition) is 1. The molecule has 3 aromatic rings. The number of nitrogens with zero attached hydrogens (tertiary/aromatic N) is 1. The van der Waals surface area contributed by atoms with Crippen molar-refractivity contribution in [3.8, 4) is 16.9 Å². The summed E-state index contributed by atoms with van der Waals surface area (Å²) in [4.78, 5) is 26.2. The van der Waals surface area contributed by atoms with E-state index in [1.807, 2.05) is 43.3 Å². The number of carbonyl (C=O) groups is 2. The molecule has 3 heterocycles. The fourth-order valence-corrected chi connectivity index (χ4v) is 6.24. The third-order valence-corrected chi connectivity index (χ3v) is 7.88. The van der Waals surface area contributed by atoms with Crippen LogP contribution in [-0.2, 0) is 11.3 Å². The maximum atomic E-state index is 14.3. The number of hydrogen-bond acceptors (Lipinski definition) is 6. The highest BCUT2D eigenvalue weighted by atomic mass is 35.5. The molecule has 1 aromatic heterocycles. The average molecular weight is 491 g/mol. The summed E-state index contributed by atoms with van der Waals surface area (Å²) in [6.07, 6.45) is -1.63. The number of imide groups is 1. The van der Waals surface area contributed by atoms with Gasteiger partial charge in [-0.2, -0.15) is 0 Å². The first-order valence-corrected chi connectivity index (χ1v) is 12.4. The number of ether oxygens (including phenoxy) is 1. The van der Waals surface area contributed by atoms with Crippen LogP contribution in [-0.4, -0.2) is 47.2 Å². The van der Waals surface area contributed by atoms with E-state index in [0.717, 1.165) is 43.4 Å². The molecule has 0 unspecified atom stereocenters. The number of amides is 2. The minimum atomic E-state index is -1.07. The topological polar surface area (TPSA) is 58.6 Å². The van der Waals surface area contributed by atoms with Crippen LogP contribution in [0.1, 0.15) is 10.4 Å². The van der Waals surface area contributed by atoms with E-state index in [0.29, 0.717) is 17.3 Å². The first-order valence-electron chi connectivity index (χ1n) is 10.2. The van der Waals surface area contributed by atoms with E-state index in [9.17, 15) is 14.0 Å². The minimum absolute atomic E-state index is 0.162. The molecule has 1 N–H and O–H groups in total. The zero-order valence-electron chi connectivity index (χ0n) is 17.2. The Labute approximate surface area is 197 Å². The zero-order valence-corrected chi connectivity index (χ0v) is 19.6. The highest BCUT2D eigenvalue weighted by molar-refractivity contribution is 8.14. The van der Waals surface area contributed by atoms with E-state index in [2.05, 4.69) is 5.32 Å². The smallest absolute Gasteiger partial charge is 0.289 e. The van der Waals surface area contributed by atoms with Gasteiger partial charge in [-0.15, -0.1) is 11.3 Å².